The van der Waals surface area contributed by atoms with Crippen LogP contribution in [0.15, 0.2) is 48.5 Å². The summed E-state index contributed by atoms with van der Waals surface area (Å²) in [6.45, 7) is 1.36. The molecule has 0 saturated carbocycles. The van der Waals surface area contributed by atoms with E-state index in [1.165, 1.54) is 6.92 Å². The number of halogens is 2. The standard InChI is InChI=1S/C19H13Cl2NO2/c1-12(23)24-17-7-3-5-14-9-11-15(22-19(14)17)10-8-13-4-2-6-16(20)18(13)21/h2-11H,1H3/b10-8+. The first-order valence-electron chi connectivity index (χ1n) is 7.25. The van der Waals surface area contributed by atoms with E-state index < -0.39 is 0 Å². The molecule has 0 radical (unpaired) electrons. The lowest BCUT2D eigenvalue weighted by molar-refractivity contribution is -0.131. The van der Waals surface area contributed by atoms with Crippen molar-refractivity contribution in [2.24, 2.45) is 0 Å². The maximum absolute atomic E-state index is 11.2. The van der Waals surface area contributed by atoms with Crippen LogP contribution in [0.3, 0.4) is 0 Å². The van der Waals surface area contributed by atoms with Gasteiger partial charge in [0.25, 0.3) is 0 Å². The van der Waals surface area contributed by atoms with Crippen LogP contribution in [-0.4, -0.2) is 11.0 Å². The Hall–Kier alpha value is -2.36. The first kappa shape index (κ1) is 16.5. The van der Waals surface area contributed by atoms with Crippen molar-refractivity contribution in [3.63, 3.8) is 0 Å². The summed E-state index contributed by atoms with van der Waals surface area (Å²) in [4.78, 5) is 15.8. The van der Waals surface area contributed by atoms with Crippen molar-refractivity contribution in [3.8, 4) is 5.75 Å². The highest BCUT2D eigenvalue weighted by Crippen LogP contribution is 2.28. The second-order valence-electron chi connectivity index (χ2n) is 5.13. The van der Waals surface area contributed by atoms with Gasteiger partial charge >= 0.3 is 5.97 Å². The number of pyridine rings is 1. The van der Waals surface area contributed by atoms with Crippen LogP contribution in [0.5, 0.6) is 5.75 Å². The van der Waals surface area contributed by atoms with Crippen LogP contribution in [0.2, 0.25) is 10.0 Å². The zero-order chi connectivity index (χ0) is 17.1. The molecule has 120 valence electrons. The molecule has 0 aliphatic carbocycles. The highest BCUT2D eigenvalue weighted by molar-refractivity contribution is 6.42. The largest absolute Gasteiger partial charge is 0.424 e. The van der Waals surface area contributed by atoms with Gasteiger partial charge in [0, 0.05) is 12.3 Å². The number of carbonyl (C=O) groups excluding carboxylic acids is 1. The third-order valence-electron chi connectivity index (χ3n) is 3.37. The fourth-order valence-electron chi connectivity index (χ4n) is 2.29. The lowest BCUT2D eigenvalue weighted by atomic mass is 10.1. The van der Waals surface area contributed by atoms with Crippen LogP contribution in [0.25, 0.3) is 23.1 Å². The zero-order valence-electron chi connectivity index (χ0n) is 12.8. The predicted molar refractivity (Wildman–Crippen MR) is 98.4 cm³/mol. The van der Waals surface area contributed by atoms with Crippen molar-refractivity contribution in [2.45, 2.75) is 6.92 Å². The number of hydrogen-bond donors (Lipinski definition) is 0. The zero-order valence-corrected chi connectivity index (χ0v) is 14.3. The van der Waals surface area contributed by atoms with Crippen LogP contribution < -0.4 is 4.74 Å². The fourth-order valence-corrected chi connectivity index (χ4v) is 2.66. The van der Waals surface area contributed by atoms with E-state index >= 15 is 0 Å². The molecule has 5 heteroatoms. The normalized spacial score (nSPS) is 11.1. The fraction of sp³-hybridized carbons (Fsp3) is 0.0526. The molecule has 2 aromatic carbocycles. The summed E-state index contributed by atoms with van der Waals surface area (Å²) in [5.41, 5.74) is 2.16. The Bertz CT molecular complexity index is 951. The number of esters is 1. The molecule has 0 N–H and O–H groups in total. The number of aromatic nitrogens is 1. The number of benzene rings is 2. The molecular weight excluding hydrogens is 345 g/mol. The quantitative estimate of drug-likeness (QED) is 0.449. The molecule has 0 aliphatic heterocycles. The van der Waals surface area contributed by atoms with Crippen LogP contribution in [0, 0.1) is 0 Å². The van der Waals surface area contributed by atoms with E-state index in [1.54, 1.807) is 12.1 Å². The molecule has 0 amide bonds. The van der Waals surface area contributed by atoms with Gasteiger partial charge < -0.3 is 4.74 Å². The SMILES string of the molecule is CC(=O)Oc1cccc2ccc(/C=C/c3cccc(Cl)c3Cl)nc12. The average Bonchev–Trinajstić information content (AvgIpc) is 2.56. The van der Waals surface area contributed by atoms with E-state index in [4.69, 9.17) is 27.9 Å². The van der Waals surface area contributed by atoms with Crippen molar-refractivity contribution in [3.05, 3.63) is 69.8 Å². The van der Waals surface area contributed by atoms with Gasteiger partial charge in [0.15, 0.2) is 5.75 Å². The van der Waals surface area contributed by atoms with Crippen molar-refractivity contribution in [1.82, 2.24) is 4.98 Å². The van der Waals surface area contributed by atoms with Gasteiger partial charge in [-0.1, -0.05) is 59.6 Å². The third kappa shape index (κ3) is 3.58. The minimum absolute atomic E-state index is 0.379. The number of fused-ring (bicyclic) bond motifs is 1. The van der Waals surface area contributed by atoms with Gasteiger partial charge in [-0.15, -0.1) is 0 Å². The monoisotopic (exact) mass is 357 g/mol. The number of hydrogen-bond acceptors (Lipinski definition) is 3. The maximum Gasteiger partial charge on any atom is 0.308 e. The molecule has 3 aromatic rings. The Labute approximate surface area is 149 Å². The molecule has 0 spiro atoms. The number of ether oxygens (including phenoxy) is 1. The van der Waals surface area contributed by atoms with Gasteiger partial charge in [0.05, 0.1) is 15.7 Å². The van der Waals surface area contributed by atoms with E-state index in [2.05, 4.69) is 4.98 Å². The van der Waals surface area contributed by atoms with E-state index in [9.17, 15) is 4.79 Å². The second-order valence-corrected chi connectivity index (χ2v) is 5.92. The summed E-state index contributed by atoms with van der Waals surface area (Å²) in [6, 6.07) is 14.7. The van der Waals surface area contributed by atoms with E-state index in [1.807, 2.05) is 48.6 Å². The van der Waals surface area contributed by atoms with Crippen LogP contribution in [-0.2, 0) is 4.79 Å². The Morgan fingerprint density at radius 2 is 1.83 bits per heavy atom. The molecule has 3 rings (SSSR count). The van der Waals surface area contributed by atoms with Crippen molar-refractivity contribution < 1.29 is 9.53 Å². The van der Waals surface area contributed by atoms with E-state index in [0.29, 0.717) is 21.3 Å². The Kier molecular flexibility index (Phi) is 4.84. The Morgan fingerprint density at radius 1 is 1.04 bits per heavy atom. The molecule has 0 unspecified atom stereocenters. The maximum atomic E-state index is 11.2. The van der Waals surface area contributed by atoms with E-state index in [0.717, 1.165) is 16.6 Å². The molecule has 3 nitrogen and oxygen atoms in total. The average molecular weight is 358 g/mol. The predicted octanol–water partition coefficient (Wildman–Crippen LogP) is 5.64. The highest BCUT2D eigenvalue weighted by Gasteiger charge is 2.06. The molecule has 0 bridgehead atoms. The van der Waals surface area contributed by atoms with Gasteiger partial charge in [0.1, 0.15) is 5.52 Å². The number of nitrogens with zero attached hydrogens (tertiary/aromatic N) is 1. The summed E-state index contributed by atoms with van der Waals surface area (Å²) in [6.07, 6.45) is 3.68. The molecule has 0 aliphatic rings. The van der Waals surface area contributed by atoms with Crippen molar-refractivity contribution >= 4 is 52.2 Å². The molecule has 0 fully saturated rings. The topological polar surface area (TPSA) is 39.2 Å². The van der Waals surface area contributed by atoms with Gasteiger partial charge in [0.2, 0.25) is 0 Å². The molecule has 0 atom stereocenters. The van der Waals surface area contributed by atoms with Crippen LogP contribution in [0.4, 0.5) is 0 Å². The Balaban J connectivity index is 1.99. The third-order valence-corrected chi connectivity index (χ3v) is 4.21. The molecular formula is C19H13Cl2NO2. The molecule has 1 heterocycles. The van der Waals surface area contributed by atoms with Gasteiger partial charge in [-0.25, -0.2) is 4.98 Å². The first-order valence-corrected chi connectivity index (χ1v) is 8.00. The molecule has 24 heavy (non-hydrogen) atoms. The molecule has 0 saturated heterocycles. The highest BCUT2D eigenvalue weighted by atomic mass is 35.5. The minimum Gasteiger partial charge on any atom is -0.424 e. The Morgan fingerprint density at radius 3 is 2.62 bits per heavy atom. The number of rotatable bonds is 3. The second kappa shape index (κ2) is 7.04. The lowest BCUT2D eigenvalue weighted by Crippen LogP contribution is -2.02. The molecule has 1 aromatic heterocycles. The van der Waals surface area contributed by atoms with Crippen LogP contribution in [0.1, 0.15) is 18.2 Å². The van der Waals surface area contributed by atoms with Crippen molar-refractivity contribution in [1.29, 1.82) is 0 Å². The van der Waals surface area contributed by atoms with Gasteiger partial charge in [-0.2, -0.15) is 0 Å². The summed E-state index contributed by atoms with van der Waals surface area (Å²) < 4.78 is 5.22. The van der Waals surface area contributed by atoms with Crippen molar-refractivity contribution in [2.75, 3.05) is 0 Å². The van der Waals surface area contributed by atoms with Gasteiger partial charge in [-0.3, -0.25) is 4.79 Å². The van der Waals surface area contributed by atoms with E-state index in [-0.39, 0.29) is 5.97 Å². The first-order chi connectivity index (χ1) is 11.5. The number of carbonyl (C=O) groups is 1. The van der Waals surface area contributed by atoms with Gasteiger partial charge in [-0.05, 0) is 29.8 Å². The van der Waals surface area contributed by atoms with Crippen LogP contribution >= 0.6 is 23.2 Å². The minimum atomic E-state index is -0.379. The number of para-hydroxylation sites is 1. The smallest absolute Gasteiger partial charge is 0.308 e. The summed E-state index contributed by atoms with van der Waals surface area (Å²) in [5.74, 6) is 0.0620. The summed E-state index contributed by atoms with van der Waals surface area (Å²) in [7, 11) is 0. The lowest BCUT2D eigenvalue weighted by Gasteiger charge is -2.06. The summed E-state index contributed by atoms with van der Waals surface area (Å²) in [5, 5.41) is 1.89. The summed E-state index contributed by atoms with van der Waals surface area (Å²) >= 11 is 12.2.